The first-order valence-corrected chi connectivity index (χ1v) is 4.60. The minimum absolute atomic E-state index is 0.442. The molecule has 0 spiro atoms. The molecule has 1 saturated heterocycles. The molecule has 1 aliphatic heterocycles. The van der Waals surface area contributed by atoms with Crippen molar-refractivity contribution in [1.82, 2.24) is 0 Å². The SMILES string of the molecule is ClSCC1CCCO1. The van der Waals surface area contributed by atoms with Gasteiger partial charge < -0.3 is 4.74 Å². The van der Waals surface area contributed by atoms with E-state index in [1.165, 1.54) is 23.8 Å². The normalized spacial score (nSPS) is 28.9. The minimum atomic E-state index is 0.442. The molecular weight excluding hydrogens is 144 g/mol. The molecule has 1 fully saturated rings. The highest BCUT2D eigenvalue weighted by molar-refractivity contribution is 8.21. The van der Waals surface area contributed by atoms with E-state index in [0.29, 0.717) is 6.10 Å². The van der Waals surface area contributed by atoms with Crippen LogP contribution >= 0.6 is 21.7 Å². The molecule has 1 heterocycles. The van der Waals surface area contributed by atoms with Gasteiger partial charge in [0.1, 0.15) is 0 Å². The van der Waals surface area contributed by atoms with Crippen molar-refractivity contribution in [3.05, 3.63) is 0 Å². The molecule has 0 bridgehead atoms. The summed E-state index contributed by atoms with van der Waals surface area (Å²) < 4.78 is 5.29. The van der Waals surface area contributed by atoms with Crippen LogP contribution in [0.25, 0.3) is 0 Å². The summed E-state index contributed by atoms with van der Waals surface area (Å²) in [4.78, 5) is 0. The van der Waals surface area contributed by atoms with Gasteiger partial charge in [-0.2, -0.15) is 0 Å². The molecular formula is C5H9ClOS. The second-order valence-corrected chi connectivity index (χ2v) is 3.12. The smallest absolute Gasteiger partial charge is 0.0678 e. The summed E-state index contributed by atoms with van der Waals surface area (Å²) in [6.45, 7) is 0.933. The number of hydrogen-bond acceptors (Lipinski definition) is 2. The first-order valence-electron chi connectivity index (χ1n) is 2.78. The topological polar surface area (TPSA) is 9.23 Å². The molecule has 1 atom stereocenters. The number of ether oxygens (including phenoxy) is 1. The lowest BCUT2D eigenvalue weighted by molar-refractivity contribution is 0.129. The lowest BCUT2D eigenvalue weighted by Gasteiger charge is -2.02. The monoisotopic (exact) mass is 152 g/mol. The average molecular weight is 153 g/mol. The van der Waals surface area contributed by atoms with Crippen LogP contribution in [-0.2, 0) is 4.74 Å². The second-order valence-electron chi connectivity index (χ2n) is 1.91. The van der Waals surface area contributed by atoms with E-state index < -0.39 is 0 Å². The van der Waals surface area contributed by atoms with Crippen LogP contribution in [-0.4, -0.2) is 18.5 Å². The summed E-state index contributed by atoms with van der Waals surface area (Å²) in [5.41, 5.74) is 0. The van der Waals surface area contributed by atoms with Crippen molar-refractivity contribution in [2.75, 3.05) is 12.4 Å². The molecule has 0 amide bonds. The minimum Gasteiger partial charge on any atom is -0.377 e. The Bertz CT molecular complexity index is 63.4. The van der Waals surface area contributed by atoms with E-state index in [4.69, 9.17) is 15.4 Å². The van der Waals surface area contributed by atoms with E-state index in [1.807, 2.05) is 0 Å². The highest BCUT2D eigenvalue weighted by Gasteiger charge is 2.13. The molecule has 48 valence electrons. The highest BCUT2D eigenvalue weighted by Crippen LogP contribution is 2.18. The van der Waals surface area contributed by atoms with Gasteiger partial charge in [0.2, 0.25) is 0 Å². The molecule has 0 N–H and O–H groups in total. The Balaban J connectivity index is 2.06. The van der Waals surface area contributed by atoms with Gasteiger partial charge in [-0.15, -0.1) is 0 Å². The molecule has 0 radical (unpaired) electrons. The third-order valence-electron chi connectivity index (χ3n) is 1.27. The fraction of sp³-hybridized carbons (Fsp3) is 1.00. The summed E-state index contributed by atoms with van der Waals surface area (Å²) in [5, 5.41) is 0. The second kappa shape index (κ2) is 3.59. The molecule has 0 aromatic carbocycles. The maximum atomic E-state index is 5.42. The first kappa shape index (κ1) is 6.72. The third kappa shape index (κ3) is 1.84. The van der Waals surface area contributed by atoms with Crippen LogP contribution in [0, 0.1) is 0 Å². The van der Waals surface area contributed by atoms with E-state index in [9.17, 15) is 0 Å². The predicted octanol–water partition coefficient (Wildman–Crippen LogP) is 2.05. The zero-order chi connectivity index (χ0) is 5.82. The summed E-state index contributed by atoms with van der Waals surface area (Å²) >= 11 is 0. The van der Waals surface area contributed by atoms with Crippen molar-refractivity contribution in [2.45, 2.75) is 18.9 Å². The van der Waals surface area contributed by atoms with Crippen molar-refractivity contribution >= 4 is 21.7 Å². The number of rotatable bonds is 2. The first-order chi connectivity index (χ1) is 3.93. The molecule has 0 saturated carbocycles. The van der Waals surface area contributed by atoms with Crippen LogP contribution in [0.4, 0.5) is 0 Å². The molecule has 3 heteroatoms. The largest absolute Gasteiger partial charge is 0.377 e. The maximum absolute atomic E-state index is 5.42. The van der Waals surface area contributed by atoms with E-state index in [0.717, 1.165) is 12.4 Å². The van der Waals surface area contributed by atoms with Crippen LogP contribution in [0.15, 0.2) is 0 Å². The fourth-order valence-electron chi connectivity index (χ4n) is 0.846. The molecule has 0 aromatic rings. The van der Waals surface area contributed by atoms with Crippen LogP contribution in [0.2, 0.25) is 0 Å². The molecule has 0 aromatic heterocycles. The van der Waals surface area contributed by atoms with Gasteiger partial charge in [-0.05, 0) is 23.5 Å². The highest BCUT2D eigenvalue weighted by atomic mass is 35.7. The van der Waals surface area contributed by atoms with Crippen LogP contribution in [0.1, 0.15) is 12.8 Å². The molecule has 1 aliphatic rings. The molecule has 1 nitrogen and oxygen atoms in total. The standard InChI is InChI=1S/C5H9ClOS/c6-8-4-5-2-1-3-7-5/h5H,1-4H2. The van der Waals surface area contributed by atoms with Gasteiger partial charge in [-0.3, -0.25) is 0 Å². The summed E-state index contributed by atoms with van der Waals surface area (Å²) in [6, 6.07) is 0. The molecule has 1 rings (SSSR count). The Hall–Kier alpha value is 0.600. The van der Waals surface area contributed by atoms with Gasteiger partial charge in [0, 0.05) is 12.4 Å². The van der Waals surface area contributed by atoms with Gasteiger partial charge in [0.25, 0.3) is 0 Å². The number of hydrogen-bond donors (Lipinski definition) is 0. The Morgan fingerprint density at radius 3 is 3.12 bits per heavy atom. The zero-order valence-corrected chi connectivity index (χ0v) is 6.17. The lowest BCUT2D eigenvalue weighted by atomic mass is 10.3. The third-order valence-corrected chi connectivity index (χ3v) is 2.15. The Kier molecular flexibility index (Phi) is 3.02. The quantitative estimate of drug-likeness (QED) is 0.599. The Morgan fingerprint density at radius 1 is 1.75 bits per heavy atom. The van der Waals surface area contributed by atoms with Crippen molar-refractivity contribution < 1.29 is 4.74 Å². The number of halogens is 1. The van der Waals surface area contributed by atoms with Crippen LogP contribution in [0.3, 0.4) is 0 Å². The summed E-state index contributed by atoms with van der Waals surface area (Å²) in [5.74, 6) is 0.946. The van der Waals surface area contributed by atoms with Crippen molar-refractivity contribution in [3.8, 4) is 0 Å². The van der Waals surface area contributed by atoms with Crippen LogP contribution < -0.4 is 0 Å². The Morgan fingerprint density at radius 2 is 2.62 bits per heavy atom. The van der Waals surface area contributed by atoms with E-state index in [1.54, 1.807) is 0 Å². The van der Waals surface area contributed by atoms with Gasteiger partial charge >= 0.3 is 0 Å². The van der Waals surface area contributed by atoms with Crippen molar-refractivity contribution in [1.29, 1.82) is 0 Å². The molecule has 1 unspecified atom stereocenters. The van der Waals surface area contributed by atoms with Gasteiger partial charge in [-0.25, -0.2) is 0 Å². The van der Waals surface area contributed by atoms with E-state index in [2.05, 4.69) is 0 Å². The molecule has 8 heavy (non-hydrogen) atoms. The summed E-state index contributed by atoms with van der Waals surface area (Å²) in [7, 11) is 6.76. The van der Waals surface area contributed by atoms with Gasteiger partial charge in [0.05, 0.1) is 6.10 Å². The van der Waals surface area contributed by atoms with Gasteiger partial charge in [0.15, 0.2) is 0 Å². The molecule has 0 aliphatic carbocycles. The van der Waals surface area contributed by atoms with E-state index in [-0.39, 0.29) is 0 Å². The van der Waals surface area contributed by atoms with Crippen molar-refractivity contribution in [2.24, 2.45) is 0 Å². The maximum Gasteiger partial charge on any atom is 0.0678 e. The van der Waals surface area contributed by atoms with Crippen LogP contribution in [0.5, 0.6) is 0 Å². The zero-order valence-electron chi connectivity index (χ0n) is 4.60. The Labute approximate surface area is 58.2 Å². The predicted molar refractivity (Wildman–Crippen MR) is 37.3 cm³/mol. The summed E-state index contributed by atoms with van der Waals surface area (Å²) in [6.07, 6.45) is 2.85. The lowest BCUT2D eigenvalue weighted by Crippen LogP contribution is -2.06. The average Bonchev–Trinajstić information content (AvgIpc) is 2.19. The van der Waals surface area contributed by atoms with Gasteiger partial charge in [-0.1, -0.05) is 11.0 Å². The van der Waals surface area contributed by atoms with Crippen molar-refractivity contribution in [3.63, 3.8) is 0 Å². The van der Waals surface area contributed by atoms with E-state index >= 15 is 0 Å². The fourth-order valence-corrected chi connectivity index (χ4v) is 1.67.